The van der Waals surface area contributed by atoms with E-state index in [1.54, 1.807) is 30.9 Å². The molecule has 0 saturated carbocycles. The molecule has 0 bridgehead atoms. The fourth-order valence-electron chi connectivity index (χ4n) is 3.74. The van der Waals surface area contributed by atoms with E-state index in [4.69, 9.17) is 0 Å². The first-order chi connectivity index (χ1) is 14.6. The van der Waals surface area contributed by atoms with Crippen molar-refractivity contribution in [1.29, 1.82) is 0 Å². The molecule has 4 rings (SSSR count). The second kappa shape index (κ2) is 8.86. The highest BCUT2D eigenvalue weighted by Gasteiger charge is 2.24. The summed E-state index contributed by atoms with van der Waals surface area (Å²) in [4.78, 5) is 34.7. The minimum Gasteiger partial charge on any atom is -0.345 e. The van der Waals surface area contributed by atoms with Gasteiger partial charge in [0.1, 0.15) is 5.82 Å². The number of likely N-dealkylation sites (tertiary alicyclic amines) is 1. The van der Waals surface area contributed by atoms with E-state index in [9.17, 15) is 4.79 Å². The highest BCUT2D eigenvalue weighted by atomic mass is 16.2. The van der Waals surface area contributed by atoms with Crippen LogP contribution in [0.5, 0.6) is 0 Å². The molecule has 3 aromatic rings. The lowest BCUT2D eigenvalue weighted by Gasteiger charge is -2.32. The Hall–Kier alpha value is -3.55. The summed E-state index contributed by atoms with van der Waals surface area (Å²) < 4.78 is 0. The summed E-state index contributed by atoms with van der Waals surface area (Å²) in [5.41, 5.74) is 3.79. The van der Waals surface area contributed by atoms with Crippen LogP contribution in [0.2, 0.25) is 0 Å². The number of nitrogens with one attached hydrogen (secondary N) is 2. The second-order valence-corrected chi connectivity index (χ2v) is 7.54. The SMILES string of the molecule is Cc1cc(C)nc(Nc2cc([C@H]3CCCN(C(=O)/C=C/c4cnc[nH]4)C3)ccn2)n1. The molecule has 1 aliphatic rings. The fraction of sp³-hybridized carbons (Fsp3) is 0.318. The molecular weight excluding hydrogens is 378 g/mol. The molecule has 1 aliphatic heterocycles. The Morgan fingerprint density at radius 3 is 2.87 bits per heavy atom. The standard InChI is InChI=1S/C22H25N7O/c1-15-10-16(2)27-22(26-15)28-20-11-17(7-8-24-20)18-4-3-9-29(13-18)21(30)6-5-19-12-23-14-25-19/h5-8,10-12,14,18H,3-4,9,13H2,1-2H3,(H,23,25)(H,24,26,27,28)/b6-5+/t18-/m0/s1. The van der Waals surface area contributed by atoms with Crippen LogP contribution >= 0.6 is 0 Å². The number of nitrogens with zero attached hydrogens (tertiary/aromatic N) is 5. The van der Waals surface area contributed by atoms with Crippen molar-refractivity contribution in [2.45, 2.75) is 32.6 Å². The van der Waals surface area contributed by atoms with Crippen LogP contribution < -0.4 is 5.32 Å². The molecule has 8 nitrogen and oxygen atoms in total. The van der Waals surface area contributed by atoms with Crippen LogP contribution in [0, 0.1) is 13.8 Å². The van der Waals surface area contributed by atoms with Crippen molar-refractivity contribution in [2.75, 3.05) is 18.4 Å². The molecule has 0 aromatic carbocycles. The number of pyridine rings is 1. The molecule has 0 spiro atoms. The Balaban J connectivity index is 1.44. The molecule has 3 aromatic heterocycles. The van der Waals surface area contributed by atoms with Gasteiger partial charge in [-0.2, -0.15) is 0 Å². The smallest absolute Gasteiger partial charge is 0.246 e. The van der Waals surface area contributed by atoms with Gasteiger partial charge < -0.3 is 15.2 Å². The lowest BCUT2D eigenvalue weighted by molar-refractivity contribution is -0.127. The topological polar surface area (TPSA) is 99.7 Å². The van der Waals surface area contributed by atoms with Crippen molar-refractivity contribution in [1.82, 2.24) is 29.8 Å². The van der Waals surface area contributed by atoms with Crippen molar-refractivity contribution < 1.29 is 4.79 Å². The Labute approximate surface area is 175 Å². The van der Waals surface area contributed by atoms with Gasteiger partial charge in [-0.05, 0) is 56.5 Å². The number of piperidine rings is 1. The average molecular weight is 403 g/mol. The van der Waals surface area contributed by atoms with E-state index in [0.717, 1.165) is 42.0 Å². The van der Waals surface area contributed by atoms with Crippen molar-refractivity contribution in [3.63, 3.8) is 0 Å². The van der Waals surface area contributed by atoms with Gasteiger partial charge in [0.2, 0.25) is 11.9 Å². The zero-order chi connectivity index (χ0) is 20.9. The Morgan fingerprint density at radius 1 is 1.27 bits per heavy atom. The monoisotopic (exact) mass is 403 g/mol. The number of hydrogen-bond acceptors (Lipinski definition) is 6. The zero-order valence-corrected chi connectivity index (χ0v) is 17.2. The predicted molar refractivity (Wildman–Crippen MR) is 115 cm³/mol. The number of imidazole rings is 1. The van der Waals surface area contributed by atoms with Crippen molar-refractivity contribution in [3.8, 4) is 0 Å². The van der Waals surface area contributed by atoms with Gasteiger partial charge in [0.25, 0.3) is 0 Å². The van der Waals surface area contributed by atoms with Gasteiger partial charge in [0.05, 0.1) is 18.2 Å². The van der Waals surface area contributed by atoms with Crippen LogP contribution in [0.4, 0.5) is 11.8 Å². The van der Waals surface area contributed by atoms with Gasteiger partial charge in [0, 0.05) is 42.7 Å². The number of rotatable bonds is 5. The van der Waals surface area contributed by atoms with Gasteiger partial charge >= 0.3 is 0 Å². The average Bonchev–Trinajstić information content (AvgIpc) is 3.25. The lowest BCUT2D eigenvalue weighted by Crippen LogP contribution is -2.38. The molecule has 8 heteroatoms. The quantitative estimate of drug-likeness (QED) is 0.634. The number of aromatic amines is 1. The summed E-state index contributed by atoms with van der Waals surface area (Å²) in [5, 5.41) is 3.20. The summed E-state index contributed by atoms with van der Waals surface area (Å²) in [6, 6.07) is 5.98. The summed E-state index contributed by atoms with van der Waals surface area (Å²) >= 11 is 0. The van der Waals surface area contributed by atoms with Crippen LogP contribution in [-0.2, 0) is 4.79 Å². The maximum atomic E-state index is 12.6. The Bertz CT molecular complexity index is 1030. The molecule has 1 amide bonds. The Morgan fingerprint density at radius 2 is 2.10 bits per heavy atom. The highest BCUT2D eigenvalue weighted by Crippen LogP contribution is 2.28. The van der Waals surface area contributed by atoms with E-state index in [0.29, 0.717) is 18.3 Å². The highest BCUT2D eigenvalue weighted by molar-refractivity contribution is 5.91. The fourth-order valence-corrected chi connectivity index (χ4v) is 3.74. The molecule has 1 saturated heterocycles. The van der Waals surface area contributed by atoms with Crippen LogP contribution in [0.3, 0.4) is 0 Å². The summed E-state index contributed by atoms with van der Waals surface area (Å²) in [7, 11) is 0. The third-order valence-corrected chi connectivity index (χ3v) is 5.14. The maximum Gasteiger partial charge on any atom is 0.246 e. The molecule has 30 heavy (non-hydrogen) atoms. The van der Waals surface area contributed by atoms with E-state index in [-0.39, 0.29) is 11.8 Å². The third-order valence-electron chi connectivity index (χ3n) is 5.14. The normalized spacial score (nSPS) is 16.7. The van der Waals surface area contributed by atoms with Crippen molar-refractivity contribution in [2.24, 2.45) is 0 Å². The van der Waals surface area contributed by atoms with Gasteiger partial charge in [-0.25, -0.2) is 19.9 Å². The van der Waals surface area contributed by atoms with Crippen LogP contribution in [0.1, 0.15) is 41.4 Å². The van der Waals surface area contributed by atoms with Crippen molar-refractivity contribution in [3.05, 3.63) is 65.6 Å². The molecule has 1 fully saturated rings. The number of aryl methyl sites for hydroxylation is 2. The second-order valence-electron chi connectivity index (χ2n) is 7.54. The van der Waals surface area contributed by atoms with E-state index >= 15 is 0 Å². The summed E-state index contributed by atoms with van der Waals surface area (Å²) in [5.74, 6) is 1.54. The first-order valence-electron chi connectivity index (χ1n) is 10.1. The Kier molecular flexibility index (Phi) is 5.83. The molecular formula is C22H25N7O. The van der Waals surface area contributed by atoms with Crippen LogP contribution in [0.25, 0.3) is 6.08 Å². The molecule has 2 N–H and O–H groups in total. The predicted octanol–water partition coefficient (Wildman–Crippen LogP) is 3.37. The first-order valence-corrected chi connectivity index (χ1v) is 10.1. The van der Waals surface area contributed by atoms with Gasteiger partial charge in [-0.15, -0.1) is 0 Å². The van der Waals surface area contributed by atoms with E-state index in [2.05, 4.69) is 30.2 Å². The largest absolute Gasteiger partial charge is 0.345 e. The number of hydrogen-bond donors (Lipinski definition) is 2. The minimum absolute atomic E-state index is 0.0188. The number of amides is 1. The maximum absolute atomic E-state index is 12.6. The molecule has 0 radical (unpaired) electrons. The number of anilines is 2. The van der Waals surface area contributed by atoms with Gasteiger partial charge in [-0.1, -0.05) is 0 Å². The van der Waals surface area contributed by atoms with E-state index in [1.165, 1.54) is 0 Å². The molecule has 0 unspecified atom stereocenters. The minimum atomic E-state index is 0.0188. The summed E-state index contributed by atoms with van der Waals surface area (Å²) in [6.45, 7) is 5.35. The number of carbonyl (C=O) groups is 1. The number of H-pyrrole nitrogens is 1. The summed E-state index contributed by atoms with van der Waals surface area (Å²) in [6.07, 6.45) is 10.5. The number of aromatic nitrogens is 5. The molecule has 4 heterocycles. The van der Waals surface area contributed by atoms with Gasteiger partial charge in [-0.3, -0.25) is 4.79 Å². The number of carbonyl (C=O) groups excluding carboxylic acids is 1. The lowest BCUT2D eigenvalue weighted by atomic mass is 9.91. The zero-order valence-electron chi connectivity index (χ0n) is 17.2. The molecule has 0 aliphatic carbocycles. The van der Waals surface area contributed by atoms with Crippen LogP contribution in [0.15, 0.2) is 43.0 Å². The van der Waals surface area contributed by atoms with Crippen molar-refractivity contribution >= 4 is 23.7 Å². The van der Waals surface area contributed by atoms with Gasteiger partial charge in [0.15, 0.2) is 0 Å². The molecule has 154 valence electrons. The van der Waals surface area contributed by atoms with E-state index in [1.807, 2.05) is 36.9 Å². The molecule has 1 atom stereocenters. The first kappa shape index (κ1) is 19.8. The van der Waals surface area contributed by atoms with Crippen LogP contribution in [-0.4, -0.2) is 48.8 Å². The van der Waals surface area contributed by atoms with E-state index < -0.39 is 0 Å². The third kappa shape index (κ3) is 4.89.